The van der Waals surface area contributed by atoms with Gasteiger partial charge >= 0.3 is 0 Å². The van der Waals surface area contributed by atoms with Crippen LogP contribution in [0.15, 0.2) is 29.3 Å². The number of ether oxygens (including phenoxy) is 2. The number of hydrogen-bond acceptors (Lipinski definition) is 5. The van der Waals surface area contributed by atoms with Gasteiger partial charge in [-0.3, -0.25) is 4.79 Å². The highest BCUT2D eigenvalue weighted by Crippen LogP contribution is 2.41. The van der Waals surface area contributed by atoms with Crippen LogP contribution in [-0.2, 0) is 14.3 Å². The van der Waals surface area contributed by atoms with Crippen molar-refractivity contribution in [3.05, 3.63) is 34.2 Å². The fraction of sp³-hybridized carbons (Fsp3) is 0.682. The highest BCUT2D eigenvalue weighted by molar-refractivity contribution is 7.10. The maximum atomic E-state index is 13.2. The lowest BCUT2D eigenvalue weighted by Crippen LogP contribution is -2.41. The fourth-order valence-electron chi connectivity index (χ4n) is 4.17. The molecule has 1 aromatic rings. The van der Waals surface area contributed by atoms with Crippen LogP contribution in [0.5, 0.6) is 0 Å². The van der Waals surface area contributed by atoms with Crippen LogP contribution in [0.2, 0.25) is 0 Å². The van der Waals surface area contributed by atoms with Crippen LogP contribution in [0, 0.1) is 5.92 Å². The molecule has 1 aromatic heterocycles. The van der Waals surface area contributed by atoms with Gasteiger partial charge in [-0.15, -0.1) is 11.3 Å². The molecule has 3 rings (SSSR count). The topological polar surface area (TPSA) is 59.0 Å². The Morgan fingerprint density at radius 3 is 2.68 bits per heavy atom. The van der Waals surface area contributed by atoms with Crippen LogP contribution in [0.4, 0.5) is 0 Å². The highest BCUT2D eigenvalue weighted by atomic mass is 32.1. The SMILES string of the molecule is CCO[C@@H]1OC(C(=O)N2CCCCCCC2)=C[C@H](c2cccs2)[C@H]1CCCO. The minimum Gasteiger partial charge on any atom is -0.459 e. The van der Waals surface area contributed by atoms with Crippen LogP contribution in [0.3, 0.4) is 0 Å². The Morgan fingerprint density at radius 2 is 2.04 bits per heavy atom. The maximum Gasteiger partial charge on any atom is 0.288 e. The average molecular weight is 408 g/mol. The molecule has 2 aliphatic heterocycles. The van der Waals surface area contributed by atoms with Gasteiger partial charge in [-0.2, -0.15) is 0 Å². The lowest BCUT2D eigenvalue weighted by atomic mass is 9.84. The molecule has 3 heterocycles. The van der Waals surface area contributed by atoms with E-state index < -0.39 is 6.29 Å². The Hall–Kier alpha value is -1.37. The minimum atomic E-state index is -0.456. The molecule has 156 valence electrons. The number of hydrogen-bond donors (Lipinski definition) is 1. The number of carbonyl (C=O) groups is 1. The standard InChI is InChI=1S/C22H33NO4S/c1-2-26-22-17(10-8-14-24)18(20-11-9-15-28-20)16-19(27-22)21(25)23-12-6-4-3-5-7-13-23/h9,11,15-18,22,24H,2-8,10,12-14H2,1H3/t17-,18+,22-/m1/s1. The molecule has 2 aliphatic rings. The number of carbonyl (C=O) groups excluding carboxylic acids is 1. The van der Waals surface area contributed by atoms with Crippen molar-refractivity contribution in [1.82, 2.24) is 4.90 Å². The van der Waals surface area contributed by atoms with Gasteiger partial charge in [0.1, 0.15) is 0 Å². The molecule has 0 bridgehead atoms. The first-order valence-electron chi connectivity index (χ1n) is 10.7. The van der Waals surface area contributed by atoms with E-state index >= 15 is 0 Å². The number of likely N-dealkylation sites (tertiary alicyclic amines) is 1. The van der Waals surface area contributed by atoms with E-state index in [1.54, 1.807) is 11.3 Å². The summed E-state index contributed by atoms with van der Waals surface area (Å²) in [5.41, 5.74) is 0. The van der Waals surface area contributed by atoms with Crippen LogP contribution in [0.1, 0.15) is 62.7 Å². The molecule has 0 spiro atoms. The molecule has 1 N–H and O–H groups in total. The Morgan fingerprint density at radius 1 is 1.29 bits per heavy atom. The van der Waals surface area contributed by atoms with Gasteiger partial charge in [0, 0.05) is 43.0 Å². The fourth-order valence-corrected chi connectivity index (χ4v) is 5.05. The zero-order valence-corrected chi connectivity index (χ0v) is 17.7. The molecule has 6 heteroatoms. The zero-order valence-electron chi connectivity index (χ0n) is 16.8. The molecule has 0 saturated carbocycles. The molecular formula is C22H33NO4S. The van der Waals surface area contributed by atoms with Crippen molar-refractivity contribution in [3.63, 3.8) is 0 Å². The summed E-state index contributed by atoms with van der Waals surface area (Å²) in [5, 5.41) is 11.4. The van der Waals surface area contributed by atoms with E-state index in [0.717, 1.165) is 32.4 Å². The molecule has 0 aliphatic carbocycles. The van der Waals surface area contributed by atoms with Crippen molar-refractivity contribution in [1.29, 1.82) is 0 Å². The quantitative estimate of drug-likeness (QED) is 0.732. The summed E-state index contributed by atoms with van der Waals surface area (Å²) in [6.45, 7) is 4.23. The van der Waals surface area contributed by atoms with Crippen molar-refractivity contribution in [3.8, 4) is 0 Å². The van der Waals surface area contributed by atoms with Gasteiger partial charge in [0.2, 0.25) is 6.29 Å². The summed E-state index contributed by atoms with van der Waals surface area (Å²) in [4.78, 5) is 16.4. The number of rotatable bonds is 7. The van der Waals surface area contributed by atoms with Gasteiger partial charge in [0.15, 0.2) is 5.76 Å². The molecule has 0 radical (unpaired) electrons. The molecule has 28 heavy (non-hydrogen) atoms. The minimum absolute atomic E-state index is 0.00577. The van der Waals surface area contributed by atoms with E-state index in [4.69, 9.17) is 9.47 Å². The van der Waals surface area contributed by atoms with Crippen molar-refractivity contribution in [2.24, 2.45) is 5.92 Å². The van der Waals surface area contributed by atoms with Gasteiger partial charge < -0.3 is 19.5 Å². The third-order valence-electron chi connectivity index (χ3n) is 5.64. The Bertz CT molecular complexity index is 622. The second kappa shape index (κ2) is 11.0. The molecule has 1 saturated heterocycles. The van der Waals surface area contributed by atoms with Crippen molar-refractivity contribution in [2.45, 2.75) is 64.1 Å². The lowest BCUT2D eigenvalue weighted by Gasteiger charge is -2.37. The zero-order chi connectivity index (χ0) is 19.8. The monoisotopic (exact) mass is 407 g/mol. The normalized spacial score (nSPS) is 26.1. The van der Waals surface area contributed by atoms with Crippen molar-refractivity contribution in [2.75, 3.05) is 26.3 Å². The molecular weight excluding hydrogens is 374 g/mol. The summed E-state index contributed by atoms with van der Waals surface area (Å²) >= 11 is 1.70. The molecule has 1 fully saturated rings. The Balaban J connectivity index is 1.85. The van der Waals surface area contributed by atoms with E-state index in [0.29, 0.717) is 18.8 Å². The molecule has 3 atom stereocenters. The van der Waals surface area contributed by atoms with E-state index in [2.05, 4.69) is 11.4 Å². The number of allylic oxidation sites excluding steroid dienone is 1. The molecule has 0 unspecified atom stereocenters. The predicted molar refractivity (Wildman–Crippen MR) is 111 cm³/mol. The predicted octanol–water partition coefficient (Wildman–Crippen LogP) is 4.29. The van der Waals surface area contributed by atoms with Crippen LogP contribution in [-0.4, -0.2) is 48.5 Å². The van der Waals surface area contributed by atoms with Crippen molar-refractivity contribution < 1.29 is 19.4 Å². The van der Waals surface area contributed by atoms with Crippen LogP contribution in [0.25, 0.3) is 0 Å². The number of aliphatic hydroxyl groups excluding tert-OH is 1. The van der Waals surface area contributed by atoms with Gasteiger partial charge in [0.25, 0.3) is 5.91 Å². The van der Waals surface area contributed by atoms with E-state index in [1.165, 1.54) is 24.1 Å². The Labute approximate surface area is 172 Å². The summed E-state index contributed by atoms with van der Waals surface area (Å²) in [6, 6.07) is 4.16. The first-order valence-corrected chi connectivity index (χ1v) is 11.6. The van der Waals surface area contributed by atoms with Gasteiger partial charge in [0.05, 0.1) is 0 Å². The van der Waals surface area contributed by atoms with Gasteiger partial charge in [-0.1, -0.05) is 25.3 Å². The molecule has 0 aromatic carbocycles. The smallest absolute Gasteiger partial charge is 0.288 e. The number of thiophene rings is 1. The highest BCUT2D eigenvalue weighted by Gasteiger charge is 2.39. The second-order valence-corrected chi connectivity index (χ2v) is 8.58. The van der Waals surface area contributed by atoms with Crippen LogP contribution < -0.4 is 0 Å². The molecule has 1 amide bonds. The van der Waals surface area contributed by atoms with E-state index in [9.17, 15) is 9.90 Å². The van der Waals surface area contributed by atoms with Gasteiger partial charge in [-0.05, 0) is 50.1 Å². The maximum absolute atomic E-state index is 13.2. The van der Waals surface area contributed by atoms with Crippen molar-refractivity contribution >= 4 is 17.2 Å². The third-order valence-corrected chi connectivity index (χ3v) is 6.61. The third kappa shape index (κ3) is 5.37. The molecule has 5 nitrogen and oxygen atoms in total. The first-order chi connectivity index (χ1) is 13.7. The largest absolute Gasteiger partial charge is 0.459 e. The summed E-state index contributed by atoms with van der Waals surface area (Å²) in [6.07, 6.45) is 8.79. The lowest BCUT2D eigenvalue weighted by molar-refractivity contribution is -0.170. The average Bonchev–Trinajstić information content (AvgIpc) is 3.20. The van der Waals surface area contributed by atoms with Gasteiger partial charge in [-0.25, -0.2) is 0 Å². The summed E-state index contributed by atoms with van der Waals surface area (Å²) in [7, 11) is 0. The number of amides is 1. The van der Waals surface area contributed by atoms with E-state index in [-0.39, 0.29) is 24.3 Å². The second-order valence-electron chi connectivity index (χ2n) is 7.60. The summed E-state index contributed by atoms with van der Waals surface area (Å²) < 4.78 is 12.0. The number of nitrogens with zero attached hydrogens (tertiary/aromatic N) is 1. The first kappa shape index (κ1) is 21.3. The summed E-state index contributed by atoms with van der Waals surface area (Å²) in [5.74, 6) is 0.589. The van der Waals surface area contributed by atoms with Crippen LogP contribution >= 0.6 is 11.3 Å². The van der Waals surface area contributed by atoms with E-state index in [1.807, 2.05) is 24.0 Å². The Kier molecular flexibility index (Phi) is 8.37. The number of aliphatic hydroxyl groups is 1.